The standard InChI is InChI=1S/C18H21BrN4O3/c1-4-25-15-10-13(11-21-22-16-7-5-6-8-20-16)9-14(19)18(15)26-12-17(24)23(2)3/h5-11H,4,12H2,1-3H3,(H,20,22)/b21-11+. The van der Waals surface area contributed by atoms with Gasteiger partial charge in [-0.15, -0.1) is 0 Å². The van der Waals surface area contributed by atoms with Crippen molar-refractivity contribution in [3.63, 3.8) is 0 Å². The number of pyridine rings is 1. The number of carbonyl (C=O) groups is 1. The lowest BCUT2D eigenvalue weighted by atomic mass is 10.2. The van der Waals surface area contributed by atoms with E-state index in [2.05, 4.69) is 31.4 Å². The molecule has 1 heterocycles. The smallest absolute Gasteiger partial charge is 0.259 e. The van der Waals surface area contributed by atoms with Gasteiger partial charge in [-0.2, -0.15) is 5.10 Å². The molecular formula is C18H21BrN4O3. The van der Waals surface area contributed by atoms with Gasteiger partial charge in [0.05, 0.1) is 17.3 Å². The lowest BCUT2D eigenvalue weighted by Crippen LogP contribution is -2.27. The van der Waals surface area contributed by atoms with Gasteiger partial charge >= 0.3 is 0 Å². The van der Waals surface area contributed by atoms with Crippen LogP contribution in [0.2, 0.25) is 0 Å². The molecule has 0 saturated carbocycles. The number of amides is 1. The molecule has 1 aromatic carbocycles. The Morgan fingerprint density at radius 1 is 1.35 bits per heavy atom. The van der Waals surface area contributed by atoms with Crippen LogP contribution in [-0.2, 0) is 4.79 Å². The predicted molar refractivity (Wildman–Crippen MR) is 105 cm³/mol. The molecule has 138 valence electrons. The first-order valence-corrected chi connectivity index (χ1v) is 8.80. The van der Waals surface area contributed by atoms with E-state index in [4.69, 9.17) is 9.47 Å². The van der Waals surface area contributed by atoms with E-state index in [1.807, 2.05) is 31.2 Å². The molecule has 2 rings (SSSR count). The van der Waals surface area contributed by atoms with E-state index in [9.17, 15) is 4.79 Å². The number of hydrogen-bond acceptors (Lipinski definition) is 6. The first-order valence-electron chi connectivity index (χ1n) is 8.00. The van der Waals surface area contributed by atoms with Gasteiger partial charge in [0.2, 0.25) is 0 Å². The van der Waals surface area contributed by atoms with Gasteiger partial charge in [-0.05, 0) is 52.7 Å². The Morgan fingerprint density at radius 2 is 2.15 bits per heavy atom. The maximum atomic E-state index is 11.7. The van der Waals surface area contributed by atoms with Gasteiger partial charge in [0.25, 0.3) is 5.91 Å². The number of rotatable bonds is 8. The van der Waals surface area contributed by atoms with E-state index in [0.717, 1.165) is 5.56 Å². The minimum Gasteiger partial charge on any atom is -0.490 e. The molecule has 0 aliphatic heterocycles. The molecule has 0 atom stereocenters. The number of hydrazone groups is 1. The molecule has 0 saturated heterocycles. The number of nitrogens with one attached hydrogen (secondary N) is 1. The SMILES string of the molecule is CCOc1cc(/C=N/Nc2ccccn2)cc(Br)c1OCC(=O)N(C)C. The molecule has 1 N–H and O–H groups in total. The summed E-state index contributed by atoms with van der Waals surface area (Å²) in [5.74, 6) is 1.53. The van der Waals surface area contributed by atoms with Crippen LogP contribution in [0.25, 0.3) is 0 Å². The van der Waals surface area contributed by atoms with Gasteiger partial charge in [0.15, 0.2) is 18.1 Å². The molecule has 2 aromatic rings. The van der Waals surface area contributed by atoms with Crippen LogP contribution in [-0.4, -0.2) is 49.3 Å². The molecule has 0 aliphatic carbocycles. The average molecular weight is 421 g/mol. The monoisotopic (exact) mass is 420 g/mol. The van der Waals surface area contributed by atoms with E-state index in [1.165, 1.54) is 4.90 Å². The topological polar surface area (TPSA) is 76.0 Å². The molecule has 0 fully saturated rings. The van der Waals surface area contributed by atoms with Crippen molar-refractivity contribution in [2.24, 2.45) is 5.10 Å². The highest BCUT2D eigenvalue weighted by Gasteiger charge is 2.14. The third-order valence-corrected chi connectivity index (χ3v) is 3.82. The summed E-state index contributed by atoms with van der Waals surface area (Å²) < 4.78 is 12.0. The van der Waals surface area contributed by atoms with Crippen LogP contribution in [0.3, 0.4) is 0 Å². The molecule has 0 aliphatic rings. The van der Waals surface area contributed by atoms with Crippen LogP contribution in [0.5, 0.6) is 11.5 Å². The quantitative estimate of drug-likeness (QED) is 0.524. The molecule has 0 unspecified atom stereocenters. The maximum absolute atomic E-state index is 11.7. The molecule has 0 spiro atoms. The van der Waals surface area contributed by atoms with Crippen molar-refractivity contribution in [2.45, 2.75) is 6.92 Å². The van der Waals surface area contributed by atoms with E-state index < -0.39 is 0 Å². The van der Waals surface area contributed by atoms with Crippen molar-refractivity contribution in [3.05, 3.63) is 46.6 Å². The third kappa shape index (κ3) is 5.73. The van der Waals surface area contributed by atoms with E-state index in [-0.39, 0.29) is 12.5 Å². The second-order valence-electron chi connectivity index (χ2n) is 5.42. The van der Waals surface area contributed by atoms with E-state index in [0.29, 0.717) is 28.4 Å². The molecule has 7 nitrogen and oxygen atoms in total. The number of nitrogens with zero attached hydrogens (tertiary/aromatic N) is 3. The second kappa shape index (κ2) is 9.76. The maximum Gasteiger partial charge on any atom is 0.259 e. The van der Waals surface area contributed by atoms with Gasteiger partial charge in [-0.1, -0.05) is 6.07 Å². The molecule has 0 radical (unpaired) electrons. The largest absolute Gasteiger partial charge is 0.490 e. The summed E-state index contributed by atoms with van der Waals surface area (Å²) in [6.45, 7) is 2.28. The molecule has 8 heteroatoms. The van der Waals surface area contributed by atoms with Crippen LogP contribution in [0.15, 0.2) is 46.1 Å². The van der Waals surface area contributed by atoms with Crippen LogP contribution in [0, 0.1) is 0 Å². The second-order valence-corrected chi connectivity index (χ2v) is 6.28. The molecular weight excluding hydrogens is 400 g/mol. The number of carbonyl (C=O) groups excluding carboxylic acids is 1. The molecule has 26 heavy (non-hydrogen) atoms. The number of aromatic nitrogens is 1. The predicted octanol–water partition coefficient (Wildman–Crippen LogP) is 3.16. The number of ether oxygens (including phenoxy) is 2. The lowest BCUT2D eigenvalue weighted by Gasteiger charge is -2.16. The van der Waals surface area contributed by atoms with Gasteiger partial charge in [0.1, 0.15) is 5.82 Å². The summed E-state index contributed by atoms with van der Waals surface area (Å²) >= 11 is 3.47. The van der Waals surface area contributed by atoms with Gasteiger partial charge < -0.3 is 14.4 Å². The average Bonchev–Trinajstić information content (AvgIpc) is 2.62. The van der Waals surface area contributed by atoms with E-state index in [1.54, 1.807) is 32.6 Å². The van der Waals surface area contributed by atoms with Crippen LogP contribution in [0.4, 0.5) is 5.82 Å². The Bertz CT molecular complexity index is 767. The highest BCUT2D eigenvalue weighted by Crippen LogP contribution is 2.36. The van der Waals surface area contributed by atoms with Crippen molar-refractivity contribution in [1.82, 2.24) is 9.88 Å². The minimum atomic E-state index is -0.135. The van der Waals surface area contributed by atoms with Gasteiger partial charge in [-0.25, -0.2) is 4.98 Å². The zero-order valence-electron chi connectivity index (χ0n) is 14.9. The third-order valence-electron chi connectivity index (χ3n) is 3.23. The number of benzene rings is 1. The zero-order valence-corrected chi connectivity index (χ0v) is 16.5. The van der Waals surface area contributed by atoms with Crippen LogP contribution < -0.4 is 14.9 Å². The molecule has 1 amide bonds. The Morgan fingerprint density at radius 3 is 2.81 bits per heavy atom. The molecule has 1 aromatic heterocycles. The van der Waals surface area contributed by atoms with Crippen LogP contribution >= 0.6 is 15.9 Å². The van der Waals surface area contributed by atoms with Crippen molar-refractivity contribution in [3.8, 4) is 11.5 Å². The van der Waals surface area contributed by atoms with Crippen molar-refractivity contribution < 1.29 is 14.3 Å². The number of hydrogen-bond donors (Lipinski definition) is 1. The van der Waals surface area contributed by atoms with Crippen molar-refractivity contribution in [1.29, 1.82) is 0 Å². The minimum absolute atomic E-state index is 0.0691. The van der Waals surface area contributed by atoms with Gasteiger partial charge in [0, 0.05) is 20.3 Å². The number of anilines is 1. The summed E-state index contributed by atoms with van der Waals surface area (Å²) in [6.07, 6.45) is 3.33. The van der Waals surface area contributed by atoms with E-state index >= 15 is 0 Å². The first-order chi connectivity index (χ1) is 12.5. The first kappa shape index (κ1) is 19.7. The summed E-state index contributed by atoms with van der Waals surface area (Å²) in [7, 11) is 3.36. The number of halogens is 1. The fourth-order valence-corrected chi connectivity index (χ4v) is 2.50. The summed E-state index contributed by atoms with van der Waals surface area (Å²) in [5.41, 5.74) is 3.65. The van der Waals surface area contributed by atoms with Crippen molar-refractivity contribution >= 4 is 33.9 Å². The van der Waals surface area contributed by atoms with Gasteiger partial charge in [-0.3, -0.25) is 10.2 Å². The summed E-state index contributed by atoms with van der Waals surface area (Å²) in [4.78, 5) is 17.3. The fraction of sp³-hybridized carbons (Fsp3) is 0.278. The zero-order chi connectivity index (χ0) is 18.9. The van der Waals surface area contributed by atoms with Crippen molar-refractivity contribution in [2.75, 3.05) is 32.7 Å². The normalized spacial score (nSPS) is 10.6. The highest BCUT2D eigenvalue weighted by molar-refractivity contribution is 9.10. The Kier molecular flexibility index (Phi) is 7.40. The van der Waals surface area contributed by atoms with Crippen LogP contribution in [0.1, 0.15) is 12.5 Å². The lowest BCUT2D eigenvalue weighted by molar-refractivity contribution is -0.130. The summed E-state index contributed by atoms with van der Waals surface area (Å²) in [5, 5.41) is 4.17. The fourth-order valence-electron chi connectivity index (χ4n) is 1.93. The Balaban J connectivity index is 2.15. The number of likely N-dealkylation sites (N-methyl/N-ethyl adjacent to an activating group) is 1. The Labute approximate surface area is 161 Å². The summed E-state index contributed by atoms with van der Waals surface area (Å²) in [6, 6.07) is 9.16. The Hall–Kier alpha value is -2.61. The highest BCUT2D eigenvalue weighted by atomic mass is 79.9. The molecule has 0 bridgehead atoms.